The first-order valence-corrected chi connectivity index (χ1v) is 15.8. The Morgan fingerprint density at radius 3 is 1.63 bits per heavy atom. The zero-order valence-corrected chi connectivity index (χ0v) is 29.5. The normalized spacial score (nSPS) is 17.8. The molecule has 0 saturated carbocycles. The van der Waals surface area contributed by atoms with Crippen LogP contribution in [0.5, 0.6) is 34.5 Å². The number of carbonyl (C=O) groups excluding carboxylic acids is 2. The van der Waals surface area contributed by atoms with Gasteiger partial charge in [0.25, 0.3) is 0 Å². The third-order valence-electron chi connectivity index (χ3n) is 9.49. The molecule has 1 aliphatic heterocycles. The summed E-state index contributed by atoms with van der Waals surface area (Å²) in [6.45, 7) is 1.08. The number of halogens is 7. The maximum atomic E-state index is 14.6. The lowest BCUT2D eigenvalue weighted by atomic mass is 9.87. The lowest BCUT2D eigenvalue weighted by Gasteiger charge is -2.52. The van der Waals surface area contributed by atoms with Crippen molar-refractivity contribution in [3.05, 3.63) is 33.6 Å². The highest BCUT2D eigenvalue weighted by atomic mass is 19.4. The van der Waals surface area contributed by atoms with E-state index in [2.05, 4.69) is 0 Å². The fourth-order valence-corrected chi connectivity index (χ4v) is 6.63. The van der Waals surface area contributed by atoms with Gasteiger partial charge in [0.1, 0.15) is 28.4 Å². The minimum atomic E-state index is -5.90. The number of nitrogens with zero attached hydrogens (tertiary/aromatic N) is 4. The summed E-state index contributed by atoms with van der Waals surface area (Å²) in [5, 5.41) is 145. The van der Waals surface area contributed by atoms with Crippen LogP contribution in [0.15, 0.2) is 0 Å². The van der Waals surface area contributed by atoms with Crippen molar-refractivity contribution in [3.8, 4) is 34.5 Å². The van der Waals surface area contributed by atoms with Gasteiger partial charge >= 0.3 is 30.2 Å². The quantitative estimate of drug-likeness (QED) is 0.0666. The molecule has 0 aromatic heterocycles. The maximum absolute atomic E-state index is 14.6. The lowest BCUT2D eigenvalue weighted by molar-refractivity contribution is -0.493. The monoisotopic (exact) mass is 842 g/mol. The zero-order valence-electron chi connectivity index (χ0n) is 29.5. The number of carbonyl (C=O) groups is 2. The number of urea groups is 1. The van der Waals surface area contributed by atoms with Crippen molar-refractivity contribution in [2.24, 2.45) is 0 Å². The molecule has 0 bridgehead atoms. The van der Waals surface area contributed by atoms with E-state index in [-0.39, 0.29) is 4.90 Å². The van der Waals surface area contributed by atoms with Crippen LogP contribution in [0.3, 0.4) is 0 Å². The number of rotatable bonds is 9. The Kier molecular flexibility index (Phi) is 12.6. The molecule has 0 aliphatic carbocycles. The number of amides is 3. The second-order valence-electron chi connectivity index (χ2n) is 12.8. The molecule has 57 heavy (non-hydrogen) atoms. The number of alkyl halides is 6. The summed E-state index contributed by atoms with van der Waals surface area (Å²) < 4.78 is 97.7. The number of hydrogen-bond donors (Lipinski definition) is 14. The van der Waals surface area contributed by atoms with Crippen molar-refractivity contribution in [1.82, 2.24) is 19.6 Å². The number of phenolic OH excluding ortho intramolecular Hbond substituents is 6. The Labute approximate surface area is 314 Å². The standard InChI is InChI=1S/C30H37F7N4O16/c1-8-13(21(46)23(48)17(31)18(8)43)12-7-11(41(26(52)53)30(56,57)29(54,55)40(10(3)42)25(50)51)5-6-39(12)24(49)38(4)9(2)14-19(44)15(27(32,33)34)22(47)16(20(14)45)28(35,36)37/h9,11-12,25-26,43-48,50-57H,5-7H2,1-4H3. The summed E-state index contributed by atoms with van der Waals surface area (Å²) in [5.74, 6) is -24.1. The molecule has 2 aromatic carbocycles. The highest BCUT2D eigenvalue weighted by Crippen LogP contribution is 2.56. The van der Waals surface area contributed by atoms with E-state index in [9.17, 15) is 112 Å². The van der Waals surface area contributed by atoms with Crippen LogP contribution >= 0.6 is 0 Å². The second kappa shape index (κ2) is 15.5. The molecular formula is C30H37F7N4O16. The molecule has 0 radical (unpaired) electrons. The lowest BCUT2D eigenvalue weighted by Crippen LogP contribution is -2.77. The van der Waals surface area contributed by atoms with Gasteiger partial charge in [-0.1, -0.05) is 0 Å². The molecule has 3 unspecified atom stereocenters. The maximum Gasteiger partial charge on any atom is 0.423 e. The Morgan fingerprint density at radius 2 is 1.23 bits per heavy atom. The predicted molar refractivity (Wildman–Crippen MR) is 167 cm³/mol. The summed E-state index contributed by atoms with van der Waals surface area (Å²) in [6, 6.07) is -7.85. The number of likely N-dealkylation sites (tertiary alicyclic amines) is 1. The molecule has 2 aromatic rings. The van der Waals surface area contributed by atoms with Gasteiger partial charge in [0.2, 0.25) is 24.6 Å². The molecule has 1 fully saturated rings. The number of aromatic hydroxyl groups is 6. The average molecular weight is 843 g/mol. The second-order valence-corrected chi connectivity index (χ2v) is 12.8. The molecule has 1 aliphatic rings. The van der Waals surface area contributed by atoms with Crippen LogP contribution in [0.1, 0.15) is 66.6 Å². The SMILES string of the molecule is CC(=O)N(C(O)O)C(O)(O)C(O)(O)N(C(O)O)C1CCN(C(=O)N(C)C(C)c2c(O)c(C(F)(F)F)c(O)c(C(F)(F)F)c2O)C(c2c(C)c(O)c(F)c(O)c2O)C1. The summed E-state index contributed by atoms with van der Waals surface area (Å²) in [4.78, 5) is 25.8. The third kappa shape index (κ3) is 7.88. The predicted octanol–water partition coefficient (Wildman–Crippen LogP) is -0.312. The van der Waals surface area contributed by atoms with Crippen molar-refractivity contribution in [2.45, 2.75) is 88.7 Å². The smallest absolute Gasteiger partial charge is 0.423 e. The number of aliphatic hydroxyl groups excluding tert-OH is 2. The number of benzene rings is 2. The van der Waals surface area contributed by atoms with Gasteiger partial charge in [-0.3, -0.25) is 4.79 Å². The van der Waals surface area contributed by atoms with E-state index in [1.165, 1.54) is 0 Å². The first kappa shape index (κ1) is 46.5. The first-order chi connectivity index (χ1) is 25.7. The molecule has 1 heterocycles. The van der Waals surface area contributed by atoms with Gasteiger partial charge in [0.05, 0.1) is 17.6 Å². The number of hydrogen-bond acceptors (Lipinski definition) is 17. The van der Waals surface area contributed by atoms with E-state index in [0.29, 0.717) is 25.8 Å². The first-order valence-electron chi connectivity index (χ1n) is 15.8. The minimum Gasteiger partial charge on any atom is -0.507 e. The molecule has 27 heteroatoms. The largest absolute Gasteiger partial charge is 0.507 e. The van der Waals surface area contributed by atoms with Crippen molar-refractivity contribution in [2.75, 3.05) is 13.6 Å². The van der Waals surface area contributed by atoms with Gasteiger partial charge in [-0.2, -0.15) is 35.6 Å². The van der Waals surface area contributed by atoms with E-state index in [1.807, 2.05) is 0 Å². The van der Waals surface area contributed by atoms with Crippen LogP contribution in [-0.4, -0.2) is 147 Å². The van der Waals surface area contributed by atoms with Gasteiger partial charge in [0.15, 0.2) is 17.2 Å². The Morgan fingerprint density at radius 1 is 0.754 bits per heavy atom. The Hall–Kier alpha value is -4.87. The van der Waals surface area contributed by atoms with Gasteiger partial charge in [-0.05, 0) is 26.7 Å². The zero-order chi connectivity index (χ0) is 44.4. The van der Waals surface area contributed by atoms with Crippen LogP contribution in [0.4, 0.5) is 35.5 Å². The average Bonchev–Trinajstić information content (AvgIpc) is 3.03. The number of aliphatic hydroxyl groups is 8. The van der Waals surface area contributed by atoms with E-state index in [4.69, 9.17) is 0 Å². The summed E-state index contributed by atoms with van der Waals surface area (Å²) >= 11 is 0. The highest BCUT2D eigenvalue weighted by Gasteiger charge is 2.62. The molecule has 322 valence electrons. The van der Waals surface area contributed by atoms with E-state index in [0.717, 1.165) is 6.92 Å². The Bertz CT molecular complexity index is 1820. The minimum absolute atomic E-state index is 0.288. The number of piperidine rings is 1. The van der Waals surface area contributed by atoms with E-state index >= 15 is 0 Å². The molecule has 3 rings (SSSR count). The highest BCUT2D eigenvalue weighted by molar-refractivity contribution is 5.77. The van der Waals surface area contributed by atoms with Crippen molar-refractivity contribution in [1.29, 1.82) is 0 Å². The molecule has 0 spiro atoms. The van der Waals surface area contributed by atoms with Crippen LogP contribution in [-0.2, 0) is 17.1 Å². The van der Waals surface area contributed by atoms with E-state index < -0.39 is 164 Å². The van der Waals surface area contributed by atoms with Crippen LogP contribution < -0.4 is 0 Å². The topological polar surface area (TPSA) is 330 Å². The summed E-state index contributed by atoms with van der Waals surface area (Å²) in [5.41, 5.74) is -8.49. The summed E-state index contributed by atoms with van der Waals surface area (Å²) in [6.07, 6.45) is -20.2. The van der Waals surface area contributed by atoms with Gasteiger partial charge < -0.3 is 81.3 Å². The molecule has 20 nitrogen and oxygen atoms in total. The van der Waals surface area contributed by atoms with Crippen LogP contribution in [0.25, 0.3) is 0 Å². The molecule has 3 amide bonds. The van der Waals surface area contributed by atoms with Crippen molar-refractivity contribution < 1.29 is 112 Å². The van der Waals surface area contributed by atoms with Crippen molar-refractivity contribution in [3.63, 3.8) is 0 Å². The van der Waals surface area contributed by atoms with Gasteiger partial charge in [0, 0.05) is 37.7 Å². The van der Waals surface area contributed by atoms with Crippen molar-refractivity contribution >= 4 is 11.9 Å². The van der Waals surface area contributed by atoms with Crippen LogP contribution in [0.2, 0.25) is 0 Å². The molecule has 1 saturated heterocycles. The Balaban J connectivity index is 2.29. The van der Waals surface area contributed by atoms with Gasteiger partial charge in [-0.25, -0.2) is 9.69 Å². The molecule has 14 N–H and O–H groups in total. The van der Waals surface area contributed by atoms with E-state index in [1.54, 1.807) is 0 Å². The molecule has 3 atom stereocenters. The molecular weight excluding hydrogens is 805 g/mol. The third-order valence-corrected chi connectivity index (χ3v) is 9.49. The van der Waals surface area contributed by atoms with Crippen LogP contribution in [0, 0.1) is 12.7 Å². The fourth-order valence-electron chi connectivity index (χ4n) is 6.63. The van der Waals surface area contributed by atoms with Gasteiger partial charge in [-0.15, -0.1) is 0 Å². The number of phenols is 6. The summed E-state index contributed by atoms with van der Waals surface area (Å²) in [7, 11) is 0.688. The fraction of sp³-hybridized carbons (Fsp3) is 0.533.